The Bertz CT molecular complexity index is 846. The Morgan fingerprint density at radius 3 is 2.59 bits per heavy atom. The van der Waals surface area contributed by atoms with Crippen molar-refractivity contribution >= 4 is 17.5 Å². The number of nitrogens with one attached hydrogen (secondary N) is 1. The van der Waals surface area contributed by atoms with Gasteiger partial charge in [-0.3, -0.25) is 9.59 Å². The van der Waals surface area contributed by atoms with E-state index in [0.29, 0.717) is 12.5 Å². The molecule has 27 heavy (non-hydrogen) atoms. The fraction of sp³-hybridized carbons (Fsp3) is 0.278. The summed E-state index contributed by atoms with van der Waals surface area (Å²) in [5, 5.41) is 2.14. The third-order valence-corrected chi connectivity index (χ3v) is 3.62. The van der Waals surface area contributed by atoms with Crippen molar-refractivity contribution in [2.45, 2.75) is 13.3 Å². The fourth-order valence-corrected chi connectivity index (χ4v) is 2.39. The Morgan fingerprint density at radius 2 is 1.93 bits per heavy atom. The van der Waals surface area contributed by atoms with Crippen LogP contribution >= 0.6 is 0 Å². The number of hydrogen-bond donors (Lipinski definition) is 1. The number of carbonyl (C=O) groups is 2. The van der Waals surface area contributed by atoms with E-state index < -0.39 is 41.5 Å². The van der Waals surface area contributed by atoms with Gasteiger partial charge in [-0.1, -0.05) is 6.92 Å². The van der Waals surface area contributed by atoms with Crippen molar-refractivity contribution in [1.82, 2.24) is 9.88 Å². The number of pyridine rings is 1. The highest BCUT2D eigenvalue weighted by Crippen LogP contribution is 2.20. The summed E-state index contributed by atoms with van der Waals surface area (Å²) in [6.07, 6.45) is 2.01. The summed E-state index contributed by atoms with van der Waals surface area (Å²) < 4.78 is 45.0. The summed E-state index contributed by atoms with van der Waals surface area (Å²) in [4.78, 5) is 30.1. The third kappa shape index (κ3) is 4.75. The zero-order valence-electron chi connectivity index (χ0n) is 14.8. The third-order valence-electron chi connectivity index (χ3n) is 3.62. The van der Waals surface area contributed by atoms with E-state index in [9.17, 15) is 22.8 Å². The highest BCUT2D eigenvalue weighted by Gasteiger charge is 2.23. The van der Waals surface area contributed by atoms with Crippen LogP contribution in [0.3, 0.4) is 0 Å². The average molecular weight is 381 g/mol. The zero-order valence-corrected chi connectivity index (χ0v) is 14.8. The second-order valence-corrected chi connectivity index (χ2v) is 5.56. The molecule has 0 saturated heterocycles. The number of aromatic nitrogens is 1. The number of rotatable bonds is 7. The second-order valence-electron chi connectivity index (χ2n) is 5.56. The quantitative estimate of drug-likeness (QED) is 0.749. The van der Waals surface area contributed by atoms with Crippen molar-refractivity contribution in [3.8, 4) is 5.88 Å². The maximum Gasteiger partial charge on any atom is 0.259 e. The molecule has 0 aliphatic rings. The zero-order chi connectivity index (χ0) is 20.0. The van der Waals surface area contributed by atoms with Crippen LogP contribution in [0.25, 0.3) is 0 Å². The molecule has 144 valence electrons. The fourth-order valence-electron chi connectivity index (χ4n) is 2.39. The normalized spacial score (nSPS) is 10.4. The number of benzene rings is 1. The lowest BCUT2D eigenvalue weighted by atomic mass is 10.2. The SMILES string of the molecule is CCCN(CC(=O)Nc1ccc(F)c(F)c1F)C(=O)c1cccnc1OC. The van der Waals surface area contributed by atoms with Crippen LogP contribution < -0.4 is 10.1 Å². The molecule has 6 nitrogen and oxygen atoms in total. The number of anilines is 1. The number of nitrogens with zero attached hydrogens (tertiary/aromatic N) is 2. The molecule has 2 amide bonds. The maximum absolute atomic E-state index is 13.7. The first-order valence-electron chi connectivity index (χ1n) is 8.10. The number of carbonyl (C=O) groups excluding carboxylic acids is 2. The number of halogens is 3. The van der Waals surface area contributed by atoms with E-state index in [4.69, 9.17) is 4.74 Å². The molecule has 0 spiro atoms. The van der Waals surface area contributed by atoms with E-state index in [2.05, 4.69) is 10.3 Å². The number of ether oxygens (including phenoxy) is 1. The van der Waals surface area contributed by atoms with Crippen molar-refractivity contribution in [2.75, 3.05) is 25.5 Å². The van der Waals surface area contributed by atoms with Crippen molar-refractivity contribution in [3.63, 3.8) is 0 Å². The van der Waals surface area contributed by atoms with Gasteiger partial charge in [0.2, 0.25) is 11.8 Å². The van der Waals surface area contributed by atoms with Gasteiger partial charge in [-0.2, -0.15) is 0 Å². The summed E-state index contributed by atoms with van der Waals surface area (Å²) in [6.45, 7) is 1.64. The van der Waals surface area contributed by atoms with Gasteiger partial charge < -0.3 is 15.0 Å². The first-order valence-corrected chi connectivity index (χ1v) is 8.10. The van der Waals surface area contributed by atoms with Gasteiger partial charge in [0.25, 0.3) is 5.91 Å². The van der Waals surface area contributed by atoms with Crippen LogP contribution in [-0.2, 0) is 4.79 Å². The van der Waals surface area contributed by atoms with Crippen LogP contribution in [-0.4, -0.2) is 41.9 Å². The van der Waals surface area contributed by atoms with Crippen LogP contribution in [0, 0.1) is 17.5 Å². The predicted molar refractivity (Wildman–Crippen MR) is 91.9 cm³/mol. The highest BCUT2D eigenvalue weighted by molar-refractivity contribution is 6.00. The van der Waals surface area contributed by atoms with Gasteiger partial charge in [0.05, 0.1) is 12.8 Å². The van der Waals surface area contributed by atoms with E-state index in [1.165, 1.54) is 24.3 Å². The molecule has 0 aliphatic heterocycles. The van der Waals surface area contributed by atoms with Gasteiger partial charge in [0, 0.05) is 12.7 Å². The molecular formula is C18H18F3N3O3. The van der Waals surface area contributed by atoms with Gasteiger partial charge in [-0.05, 0) is 30.7 Å². The molecule has 0 atom stereocenters. The van der Waals surface area contributed by atoms with Gasteiger partial charge in [0.1, 0.15) is 12.1 Å². The van der Waals surface area contributed by atoms with Crippen molar-refractivity contribution in [3.05, 3.63) is 53.5 Å². The van der Waals surface area contributed by atoms with Gasteiger partial charge in [-0.15, -0.1) is 0 Å². The molecule has 0 fully saturated rings. The molecule has 0 radical (unpaired) electrons. The summed E-state index contributed by atoms with van der Waals surface area (Å²) >= 11 is 0. The Labute approximate surface area is 154 Å². The van der Waals surface area contributed by atoms with Crippen molar-refractivity contribution in [1.29, 1.82) is 0 Å². The molecule has 1 N–H and O–H groups in total. The summed E-state index contributed by atoms with van der Waals surface area (Å²) in [5.74, 6) is -5.71. The molecule has 1 heterocycles. The number of amides is 2. The lowest BCUT2D eigenvalue weighted by Gasteiger charge is -2.22. The van der Waals surface area contributed by atoms with Gasteiger partial charge in [-0.25, -0.2) is 18.2 Å². The highest BCUT2D eigenvalue weighted by atomic mass is 19.2. The Kier molecular flexibility index (Phi) is 6.75. The Balaban J connectivity index is 2.17. The molecule has 1 aromatic carbocycles. The van der Waals surface area contributed by atoms with Crippen LogP contribution in [0.15, 0.2) is 30.5 Å². The molecule has 0 bridgehead atoms. The Hall–Kier alpha value is -3.10. The minimum atomic E-state index is -1.69. The van der Waals surface area contributed by atoms with E-state index in [1.54, 1.807) is 6.07 Å². The van der Waals surface area contributed by atoms with E-state index in [1.807, 2.05) is 6.92 Å². The monoisotopic (exact) mass is 381 g/mol. The minimum absolute atomic E-state index is 0.107. The summed E-state index contributed by atoms with van der Waals surface area (Å²) in [5.41, 5.74) is -0.345. The number of methoxy groups -OCH3 is 1. The Morgan fingerprint density at radius 1 is 1.19 bits per heavy atom. The van der Waals surface area contributed by atoms with Gasteiger partial charge >= 0.3 is 0 Å². The minimum Gasteiger partial charge on any atom is -0.480 e. The van der Waals surface area contributed by atoms with Crippen LogP contribution in [0.4, 0.5) is 18.9 Å². The first-order chi connectivity index (χ1) is 12.9. The van der Waals surface area contributed by atoms with Gasteiger partial charge in [0.15, 0.2) is 17.5 Å². The van der Waals surface area contributed by atoms with Crippen molar-refractivity contribution in [2.24, 2.45) is 0 Å². The molecule has 0 saturated carbocycles. The number of hydrogen-bond acceptors (Lipinski definition) is 4. The van der Waals surface area contributed by atoms with Crippen LogP contribution in [0.1, 0.15) is 23.7 Å². The lowest BCUT2D eigenvalue weighted by molar-refractivity contribution is -0.116. The standard InChI is InChI=1S/C18H18F3N3O3/c1-3-9-24(18(26)11-5-4-8-22-17(11)27-2)10-14(25)23-13-7-6-12(19)15(20)16(13)21/h4-8H,3,9-10H2,1-2H3,(H,23,25). The second kappa shape index (κ2) is 9.02. The van der Waals surface area contributed by atoms with E-state index in [0.717, 1.165) is 6.07 Å². The van der Waals surface area contributed by atoms with E-state index in [-0.39, 0.29) is 18.0 Å². The molecule has 0 aliphatic carbocycles. The van der Waals surface area contributed by atoms with Crippen LogP contribution in [0.2, 0.25) is 0 Å². The summed E-state index contributed by atoms with van der Waals surface area (Å²) in [7, 11) is 1.36. The smallest absolute Gasteiger partial charge is 0.259 e. The summed E-state index contributed by atoms with van der Waals surface area (Å²) in [6, 6.07) is 4.66. The molecule has 2 rings (SSSR count). The first kappa shape index (κ1) is 20.2. The molecule has 0 unspecified atom stereocenters. The molecule has 9 heteroatoms. The van der Waals surface area contributed by atoms with Crippen LogP contribution in [0.5, 0.6) is 5.88 Å². The molecule has 2 aromatic rings. The largest absolute Gasteiger partial charge is 0.480 e. The van der Waals surface area contributed by atoms with E-state index >= 15 is 0 Å². The maximum atomic E-state index is 13.7. The molecular weight excluding hydrogens is 363 g/mol. The average Bonchev–Trinajstić information content (AvgIpc) is 2.67. The topological polar surface area (TPSA) is 71.5 Å². The molecule has 1 aromatic heterocycles. The lowest BCUT2D eigenvalue weighted by Crippen LogP contribution is -2.38. The predicted octanol–water partition coefficient (Wildman–Crippen LogP) is 3.00. The van der Waals surface area contributed by atoms with Crippen molar-refractivity contribution < 1.29 is 27.5 Å².